The first-order chi connectivity index (χ1) is 9.79. The third kappa shape index (κ3) is 5.01. The van der Waals surface area contributed by atoms with Crippen LogP contribution in [-0.2, 0) is 14.3 Å². The highest BCUT2D eigenvalue weighted by molar-refractivity contribution is 5.77. The van der Waals surface area contributed by atoms with Gasteiger partial charge >= 0.3 is 0 Å². The van der Waals surface area contributed by atoms with Crippen molar-refractivity contribution in [3.8, 4) is 0 Å². The number of carbonyl (C=O) groups excluding carboxylic acids is 1. The van der Waals surface area contributed by atoms with Crippen LogP contribution in [0.15, 0.2) is 0 Å². The van der Waals surface area contributed by atoms with Crippen molar-refractivity contribution < 1.29 is 19.4 Å². The minimum atomic E-state index is 0.0588. The monoisotopic (exact) mass is 286 g/mol. The van der Waals surface area contributed by atoms with E-state index in [-0.39, 0.29) is 31.3 Å². The molecule has 0 saturated carbocycles. The van der Waals surface area contributed by atoms with Gasteiger partial charge in [-0.3, -0.25) is 4.79 Å². The Balaban J connectivity index is 1.61. The van der Waals surface area contributed by atoms with Crippen LogP contribution < -0.4 is 5.32 Å². The van der Waals surface area contributed by atoms with Gasteiger partial charge in [0.2, 0.25) is 5.91 Å². The molecule has 0 unspecified atom stereocenters. The van der Waals surface area contributed by atoms with Crippen LogP contribution in [0.4, 0.5) is 0 Å². The molecular formula is C14H26N2O4. The van der Waals surface area contributed by atoms with Crippen LogP contribution in [0.5, 0.6) is 0 Å². The number of carbonyl (C=O) groups is 1. The van der Waals surface area contributed by atoms with Crippen LogP contribution in [0.1, 0.15) is 25.7 Å². The molecule has 2 fully saturated rings. The van der Waals surface area contributed by atoms with Gasteiger partial charge in [-0.15, -0.1) is 0 Å². The van der Waals surface area contributed by atoms with Gasteiger partial charge in [0, 0.05) is 13.1 Å². The number of hydrogen-bond donors (Lipinski definition) is 2. The Bertz CT molecular complexity index is 287. The summed E-state index contributed by atoms with van der Waals surface area (Å²) in [6.45, 7) is 4.06. The second kappa shape index (κ2) is 8.56. The van der Waals surface area contributed by atoms with Gasteiger partial charge in [0.15, 0.2) is 0 Å². The van der Waals surface area contributed by atoms with Crippen molar-refractivity contribution >= 4 is 5.91 Å². The average Bonchev–Trinajstić information content (AvgIpc) is 2.52. The van der Waals surface area contributed by atoms with Crippen LogP contribution in [0.3, 0.4) is 0 Å². The van der Waals surface area contributed by atoms with Gasteiger partial charge in [-0.25, -0.2) is 0 Å². The SMILES string of the molecule is O=C(COC1CCNCC1)N1CCC(OCCO)CC1. The molecule has 2 aliphatic heterocycles. The van der Waals surface area contributed by atoms with E-state index in [4.69, 9.17) is 14.6 Å². The maximum Gasteiger partial charge on any atom is 0.248 e. The summed E-state index contributed by atoms with van der Waals surface area (Å²) in [4.78, 5) is 13.9. The lowest BCUT2D eigenvalue weighted by molar-refractivity contribution is -0.141. The molecule has 116 valence electrons. The Hall–Kier alpha value is -0.690. The number of aliphatic hydroxyl groups excluding tert-OH is 1. The van der Waals surface area contributed by atoms with Crippen LogP contribution in [0, 0.1) is 0 Å². The summed E-state index contributed by atoms with van der Waals surface area (Å²) in [6.07, 6.45) is 4.08. The van der Waals surface area contributed by atoms with Crippen molar-refractivity contribution in [2.75, 3.05) is 46.0 Å². The highest BCUT2D eigenvalue weighted by Gasteiger charge is 2.24. The molecule has 2 aliphatic rings. The molecule has 0 aromatic carbocycles. The number of nitrogens with zero attached hydrogens (tertiary/aromatic N) is 1. The summed E-state index contributed by atoms with van der Waals surface area (Å²) in [5.41, 5.74) is 0. The highest BCUT2D eigenvalue weighted by atomic mass is 16.5. The molecule has 0 aromatic rings. The minimum absolute atomic E-state index is 0.0588. The Morgan fingerprint density at radius 3 is 2.40 bits per heavy atom. The minimum Gasteiger partial charge on any atom is -0.394 e. The lowest BCUT2D eigenvalue weighted by atomic mass is 10.1. The third-order valence-corrected chi connectivity index (χ3v) is 3.97. The van der Waals surface area contributed by atoms with Gasteiger partial charge in [0.05, 0.1) is 25.4 Å². The zero-order valence-electron chi connectivity index (χ0n) is 12.1. The normalized spacial score (nSPS) is 22.1. The van der Waals surface area contributed by atoms with Gasteiger partial charge in [0.25, 0.3) is 0 Å². The van der Waals surface area contributed by atoms with Crippen LogP contribution >= 0.6 is 0 Å². The molecule has 2 N–H and O–H groups in total. The largest absolute Gasteiger partial charge is 0.394 e. The summed E-state index contributed by atoms with van der Waals surface area (Å²) in [5.74, 6) is 0.0872. The fourth-order valence-electron chi connectivity index (χ4n) is 2.73. The Kier molecular flexibility index (Phi) is 6.72. The number of nitrogens with one attached hydrogen (secondary N) is 1. The van der Waals surface area contributed by atoms with E-state index >= 15 is 0 Å². The predicted octanol–water partition coefficient (Wildman–Crippen LogP) is -0.245. The maximum atomic E-state index is 12.1. The van der Waals surface area contributed by atoms with Crippen LogP contribution in [0.25, 0.3) is 0 Å². The summed E-state index contributed by atoms with van der Waals surface area (Å²) in [5, 5.41) is 12.0. The topological polar surface area (TPSA) is 71.0 Å². The zero-order chi connectivity index (χ0) is 14.2. The first-order valence-electron chi connectivity index (χ1n) is 7.62. The smallest absolute Gasteiger partial charge is 0.248 e. The molecule has 6 nitrogen and oxygen atoms in total. The molecule has 0 bridgehead atoms. The summed E-state index contributed by atoms with van der Waals surface area (Å²) in [7, 11) is 0. The first kappa shape index (κ1) is 15.7. The second-order valence-electron chi connectivity index (χ2n) is 5.43. The van der Waals surface area contributed by atoms with E-state index in [1.807, 2.05) is 4.90 Å². The van der Waals surface area contributed by atoms with E-state index in [0.29, 0.717) is 6.61 Å². The summed E-state index contributed by atoms with van der Waals surface area (Å²) >= 11 is 0. The van der Waals surface area contributed by atoms with E-state index in [1.165, 1.54) is 0 Å². The molecule has 6 heteroatoms. The Morgan fingerprint density at radius 1 is 1.10 bits per heavy atom. The highest BCUT2D eigenvalue weighted by Crippen LogP contribution is 2.14. The predicted molar refractivity (Wildman–Crippen MR) is 74.5 cm³/mol. The molecule has 1 amide bonds. The van der Waals surface area contributed by atoms with E-state index in [1.54, 1.807) is 0 Å². The molecule has 2 saturated heterocycles. The maximum absolute atomic E-state index is 12.1. The summed E-state index contributed by atoms with van der Waals surface area (Å²) in [6, 6.07) is 0. The van der Waals surface area contributed by atoms with Gasteiger partial charge < -0.3 is 24.8 Å². The van der Waals surface area contributed by atoms with Crippen LogP contribution in [0.2, 0.25) is 0 Å². The first-order valence-corrected chi connectivity index (χ1v) is 7.62. The molecule has 0 radical (unpaired) electrons. The van der Waals surface area contributed by atoms with Crippen molar-refractivity contribution in [2.45, 2.75) is 37.9 Å². The van der Waals surface area contributed by atoms with Crippen molar-refractivity contribution in [2.24, 2.45) is 0 Å². The van der Waals surface area contributed by atoms with E-state index in [0.717, 1.165) is 51.9 Å². The zero-order valence-corrected chi connectivity index (χ0v) is 12.1. The number of piperidine rings is 2. The third-order valence-electron chi connectivity index (χ3n) is 3.97. The van der Waals surface area contributed by atoms with Gasteiger partial charge in [-0.2, -0.15) is 0 Å². The number of likely N-dealkylation sites (tertiary alicyclic amines) is 1. The van der Waals surface area contributed by atoms with Gasteiger partial charge in [-0.05, 0) is 38.8 Å². The quantitative estimate of drug-likeness (QED) is 0.705. The standard InChI is InChI=1S/C14H26N2O4/c17-9-10-19-13-3-7-16(8-4-13)14(18)11-20-12-1-5-15-6-2-12/h12-13,15,17H,1-11H2. The molecule has 0 aromatic heterocycles. The second-order valence-corrected chi connectivity index (χ2v) is 5.43. The number of amides is 1. The lowest BCUT2D eigenvalue weighted by Crippen LogP contribution is -2.43. The number of hydrogen-bond acceptors (Lipinski definition) is 5. The molecule has 0 aliphatic carbocycles. The van der Waals surface area contributed by atoms with Crippen molar-refractivity contribution in [1.82, 2.24) is 10.2 Å². The van der Waals surface area contributed by atoms with Crippen molar-refractivity contribution in [3.63, 3.8) is 0 Å². The lowest BCUT2D eigenvalue weighted by Gasteiger charge is -2.32. The summed E-state index contributed by atoms with van der Waals surface area (Å²) < 4.78 is 11.2. The average molecular weight is 286 g/mol. The number of ether oxygens (including phenoxy) is 2. The Labute approximate surface area is 120 Å². The molecule has 2 rings (SSSR count). The molecular weight excluding hydrogens is 260 g/mol. The van der Waals surface area contributed by atoms with Gasteiger partial charge in [0.1, 0.15) is 6.61 Å². The molecule has 0 spiro atoms. The fraction of sp³-hybridized carbons (Fsp3) is 0.929. The van der Waals surface area contributed by atoms with Crippen molar-refractivity contribution in [3.05, 3.63) is 0 Å². The van der Waals surface area contributed by atoms with E-state index < -0.39 is 0 Å². The molecule has 2 heterocycles. The molecule has 20 heavy (non-hydrogen) atoms. The van der Waals surface area contributed by atoms with E-state index in [9.17, 15) is 4.79 Å². The fourth-order valence-corrected chi connectivity index (χ4v) is 2.73. The van der Waals surface area contributed by atoms with Gasteiger partial charge in [-0.1, -0.05) is 0 Å². The number of rotatable bonds is 6. The Morgan fingerprint density at radius 2 is 1.75 bits per heavy atom. The molecule has 0 atom stereocenters. The van der Waals surface area contributed by atoms with Crippen LogP contribution in [-0.4, -0.2) is 74.1 Å². The van der Waals surface area contributed by atoms with E-state index in [2.05, 4.69) is 5.32 Å². The number of aliphatic hydroxyl groups is 1. The van der Waals surface area contributed by atoms with Crippen molar-refractivity contribution in [1.29, 1.82) is 0 Å².